The molecule has 2 unspecified atom stereocenters. The molecule has 0 aliphatic rings. The van der Waals surface area contributed by atoms with Crippen molar-refractivity contribution < 1.29 is 14.4 Å². The highest BCUT2D eigenvalue weighted by atomic mass is 35.5. The van der Waals surface area contributed by atoms with Crippen LogP contribution >= 0.6 is 11.6 Å². The Balaban J connectivity index is 2.52. The van der Waals surface area contributed by atoms with Crippen molar-refractivity contribution >= 4 is 35.0 Å². The normalized spacial score (nSPS) is 12.4. The zero-order valence-electron chi connectivity index (χ0n) is 18.2. The third-order valence-electron chi connectivity index (χ3n) is 4.62. The first-order chi connectivity index (χ1) is 14.8. The summed E-state index contributed by atoms with van der Waals surface area (Å²) in [5, 5.41) is 11.6. The van der Waals surface area contributed by atoms with Gasteiger partial charge >= 0.3 is 0 Å². The predicted molar refractivity (Wildman–Crippen MR) is 121 cm³/mol. The van der Waals surface area contributed by atoms with Gasteiger partial charge < -0.3 is 16.0 Å². The van der Waals surface area contributed by atoms with E-state index in [4.69, 9.17) is 17.1 Å². The van der Waals surface area contributed by atoms with Crippen LogP contribution in [0.3, 0.4) is 0 Å². The van der Waals surface area contributed by atoms with Gasteiger partial charge in [-0.2, -0.15) is 0 Å². The van der Waals surface area contributed by atoms with Crippen molar-refractivity contribution in [2.45, 2.75) is 64.4 Å². The topological polar surface area (TPSA) is 136 Å². The van der Waals surface area contributed by atoms with Gasteiger partial charge in [0.05, 0.1) is 0 Å². The lowest BCUT2D eigenvalue weighted by atomic mass is 10.0. The fourth-order valence-corrected chi connectivity index (χ4v) is 2.94. The number of carbonyl (C=O) groups is 3. The highest BCUT2D eigenvalue weighted by Gasteiger charge is 2.26. The molecule has 2 atom stereocenters. The molecular formula is C21H31ClN6O3. The summed E-state index contributed by atoms with van der Waals surface area (Å²) in [6.07, 6.45) is 2.39. The summed E-state index contributed by atoms with van der Waals surface area (Å²) in [6.45, 7) is 5.65. The lowest BCUT2D eigenvalue weighted by Gasteiger charge is -2.24. The van der Waals surface area contributed by atoms with Gasteiger partial charge in [0.15, 0.2) is 0 Å². The monoisotopic (exact) mass is 450 g/mol. The maximum atomic E-state index is 12.7. The minimum atomic E-state index is -0.779. The second kappa shape index (κ2) is 14.3. The van der Waals surface area contributed by atoms with E-state index in [9.17, 15) is 14.4 Å². The number of hydrogen-bond acceptors (Lipinski definition) is 4. The summed E-state index contributed by atoms with van der Waals surface area (Å²) in [5.74, 6) is -0.757. The molecule has 31 heavy (non-hydrogen) atoms. The van der Waals surface area contributed by atoms with Gasteiger partial charge in [0, 0.05) is 29.4 Å². The average Bonchev–Trinajstić information content (AvgIpc) is 2.74. The molecule has 10 heteroatoms. The lowest BCUT2D eigenvalue weighted by molar-refractivity contribution is -0.131. The Morgan fingerprint density at radius 2 is 1.71 bits per heavy atom. The first-order valence-electron chi connectivity index (χ1n) is 10.3. The molecule has 3 N–H and O–H groups in total. The number of halogens is 1. The van der Waals surface area contributed by atoms with E-state index in [2.05, 4.69) is 26.0 Å². The van der Waals surface area contributed by atoms with Gasteiger partial charge in [-0.15, -0.1) is 11.6 Å². The number of amides is 3. The first kappa shape index (κ1) is 26.3. The molecule has 0 spiro atoms. The van der Waals surface area contributed by atoms with E-state index < -0.39 is 18.0 Å². The predicted octanol–water partition coefficient (Wildman–Crippen LogP) is 3.88. The third-order valence-corrected chi connectivity index (χ3v) is 4.93. The summed E-state index contributed by atoms with van der Waals surface area (Å²) in [4.78, 5) is 39.9. The van der Waals surface area contributed by atoms with Crippen LogP contribution in [0, 0.1) is 5.92 Å². The van der Waals surface area contributed by atoms with Crippen LogP contribution < -0.4 is 16.0 Å². The zero-order valence-corrected chi connectivity index (χ0v) is 19.0. The number of alkyl halides is 1. The molecule has 0 heterocycles. The van der Waals surface area contributed by atoms with Crippen molar-refractivity contribution in [1.82, 2.24) is 10.6 Å². The summed E-state index contributed by atoms with van der Waals surface area (Å²) >= 11 is 5.76. The molecule has 170 valence electrons. The number of carbonyl (C=O) groups excluding carboxylic acids is 3. The fourth-order valence-electron chi connectivity index (χ4n) is 2.77. The second-order valence-electron chi connectivity index (χ2n) is 7.60. The molecule has 0 aromatic heterocycles. The summed E-state index contributed by atoms with van der Waals surface area (Å²) in [6, 6.07) is 5.59. The van der Waals surface area contributed by atoms with Gasteiger partial charge in [0.1, 0.15) is 12.1 Å². The quantitative estimate of drug-likeness (QED) is 0.138. The molecule has 3 amide bonds. The van der Waals surface area contributed by atoms with E-state index in [0.717, 1.165) is 12.0 Å². The number of benzene rings is 1. The maximum absolute atomic E-state index is 12.7. The van der Waals surface area contributed by atoms with Gasteiger partial charge in [-0.25, -0.2) is 0 Å². The largest absolute Gasteiger partial charge is 0.344 e. The third kappa shape index (κ3) is 10.2. The number of anilines is 1. The van der Waals surface area contributed by atoms with E-state index >= 15 is 0 Å². The molecule has 1 aromatic rings. The zero-order chi connectivity index (χ0) is 23.2. The van der Waals surface area contributed by atoms with Crippen LogP contribution in [-0.2, 0) is 20.3 Å². The van der Waals surface area contributed by atoms with Crippen LogP contribution in [0.1, 0.15) is 52.0 Å². The van der Waals surface area contributed by atoms with Crippen LogP contribution in [0.2, 0.25) is 0 Å². The van der Waals surface area contributed by atoms with Crippen LogP contribution in [0.5, 0.6) is 0 Å². The van der Waals surface area contributed by atoms with Gasteiger partial charge in [-0.05, 0) is 48.9 Å². The Kier molecular flexibility index (Phi) is 12.1. The Morgan fingerprint density at radius 1 is 1.03 bits per heavy atom. The molecule has 0 fully saturated rings. The van der Waals surface area contributed by atoms with E-state index in [1.807, 2.05) is 26.0 Å². The van der Waals surface area contributed by atoms with Crippen molar-refractivity contribution in [2.24, 2.45) is 11.0 Å². The Bertz CT molecular complexity index is 778. The van der Waals surface area contributed by atoms with Crippen molar-refractivity contribution in [1.29, 1.82) is 0 Å². The Hall–Kier alpha value is -2.77. The molecule has 0 radical (unpaired) electrons. The minimum absolute atomic E-state index is 0.146. The average molecular weight is 451 g/mol. The number of rotatable bonds is 13. The van der Waals surface area contributed by atoms with Crippen molar-refractivity contribution in [3.63, 3.8) is 0 Å². The SMILES string of the molecule is CC(NC(=O)C(NC(=O)CCCCCN=[N+]=[N-])C(C)C)C(=O)Nc1ccc(CCl)cc1. The molecule has 9 nitrogen and oxygen atoms in total. The number of nitrogens with one attached hydrogen (secondary N) is 3. The van der Waals surface area contributed by atoms with Crippen LogP contribution in [-0.4, -0.2) is 36.3 Å². The summed E-state index contributed by atoms with van der Waals surface area (Å²) < 4.78 is 0. The van der Waals surface area contributed by atoms with E-state index in [1.165, 1.54) is 0 Å². The minimum Gasteiger partial charge on any atom is -0.344 e. The summed E-state index contributed by atoms with van der Waals surface area (Å²) in [5.41, 5.74) is 9.77. The highest BCUT2D eigenvalue weighted by Crippen LogP contribution is 2.12. The Morgan fingerprint density at radius 3 is 2.29 bits per heavy atom. The number of azide groups is 1. The van der Waals surface area contributed by atoms with Crippen molar-refractivity contribution in [2.75, 3.05) is 11.9 Å². The Labute approximate surface area is 187 Å². The highest BCUT2D eigenvalue weighted by molar-refractivity contribution is 6.17. The molecule has 0 saturated heterocycles. The molecule has 1 aromatic carbocycles. The standard InChI is InChI=1S/C21H31ClN6O3/c1-14(2)19(27-18(29)7-5-4-6-12-24-28-23)21(31)25-15(3)20(30)26-17-10-8-16(13-22)9-11-17/h8-11,14-15,19H,4-7,12-13H2,1-3H3,(H,25,31)(H,26,30)(H,27,29). The molecule has 0 aliphatic carbocycles. The van der Waals surface area contributed by atoms with Crippen molar-refractivity contribution in [3.05, 3.63) is 40.3 Å². The number of hydrogen-bond donors (Lipinski definition) is 3. The van der Waals surface area contributed by atoms with Gasteiger partial charge in [0.2, 0.25) is 17.7 Å². The number of unbranched alkanes of at least 4 members (excludes halogenated alkanes) is 2. The molecule has 0 bridgehead atoms. The van der Waals surface area contributed by atoms with E-state index in [-0.39, 0.29) is 24.2 Å². The molecular weight excluding hydrogens is 420 g/mol. The van der Waals surface area contributed by atoms with E-state index in [1.54, 1.807) is 19.1 Å². The van der Waals surface area contributed by atoms with Crippen LogP contribution in [0.4, 0.5) is 5.69 Å². The molecule has 1 rings (SSSR count). The maximum Gasteiger partial charge on any atom is 0.246 e. The lowest BCUT2D eigenvalue weighted by Crippen LogP contribution is -2.53. The van der Waals surface area contributed by atoms with Gasteiger partial charge in [0.25, 0.3) is 0 Å². The van der Waals surface area contributed by atoms with Gasteiger partial charge in [-0.3, -0.25) is 14.4 Å². The van der Waals surface area contributed by atoms with Crippen LogP contribution in [0.25, 0.3) is 10.4 Å². The van der Waals surface area contributed by atoms with E-state index in [0.29, 0.717) is 31.0 Å². The first-order valence-corrected chi connectivity index (χ1v) is 10.9. The fraction of sp³-hybridized carbons (Fsp3) is 0.571. The summed E-state index contributed by atoms with van der Waals surface area (Å²) in [7, 11) is 0. The second-order valence-corrected chi connectivity index (χ2v) is 7.87. The van der Waals surface area contributed by atoms with Crippen LogP contribution in [0.15, 0.2) is 29.4 Å². The van der Waals surface area contributed by atoms with Crippen molar-refractivity contribution in [3.8, 4) is 0 Å². The molecule has 0 saturated carbocycles. The molecule has 0 aliphatic heterocycles. The van der Waals surface area contributed by atoms with Gasteiger partial charge in [-0.1, -0.05) is 37.5 Å². The smallest absolute Gasteiger partial charge is 0.246 e. The number of nitrogens with zero attached hydrogens (tertiary/aromatic N) is 3.